The molecule has 0 bridgehead atoms. The van der Waals surface area contributed by atoms with Crippen LogP contribution in [0.15, 0.2) is 29.3 Å². The summed E-state index contributed by atoms with van der Waals surface area (Å²) < 4.78 is 18.1. The van der Waals surface area contributed by atoms with Gasteiger partial charge in [-0.3, -0.25) is 4.79 Å². The quantitative estimate of drug-likeness (QED) is 0.849. The van der Waals surface area contributed by atoms with E-state index in [2.05, 4.69) is 4.99 Å². The Morgan fingerprint density at radius 2 is 2.44 bits per heavy atom. The molecule has 1 unspecified atom stereocenters. The highest BCUT2D eigenvalue weighted by Gasteiger charge is 2.22. The van der Waals surface area contributed by atoms with Gasteiger partial charge in [-0.25, -0.2) is 9.38 Å². The van der Waals surface area contributed by atoms with E-state index in [-0.39, 0.29) is 30.8 Å². The van der Waals surface area contributed by atoms with Gasteiger partial charge >= 0.3 is 5.97 Å². The standard InChI is InChI=1S/C11H10FNO3/c12-8-3-1-2-7(4-8)9-6-16-10(13-9)5-11(14)15/h1-4,9H,5-6H2,(H,14,15). The Hall–Kier alpha value is -1.91. The molecule has 1 aromatic carbocycles. The molecule has 1 aromatic rings. The number of nitrogens with zero attached hydrogens (tertiary/aromatic N) is 1. The van der Waals surface area contributed by atoms with Crippen LogP contribution in [0.1, 0.15) is 18.0 Å². The van der Waals surface area contributed by atoms with E-state index < -0.39 is 5.97 Å². The number of aliphatic imine (C=N–C) groups is 1. The van der Waals surface area contributed by atoms with Crippen molar-refractivity contribution >= 4 is 11.9 Å². The minimum atomic E-state index is -0.987. The first-order valence-electron chi connectivity index (χ1n) is 4.82. The Balaban J connectivity index is 2.13. The van der Waals surface area contributed by atoms with Crippen molar-refractivity contribution in [3.05, 3.63) is 35.6 Å². The van der Waals surface area contributed by atoms with Gasteiger partial charge in [-0.15, -0.1) is 0 Å². The fourth-order valence-corrected chi connectivity index (χ4v) is 1.53. The second-order valence-corrected chi connectivity index (χ2v) is 3.48. The first kappa shape index (κ1) is 10.6. The molecule has 1 aliphatic rings. The minimum Gasteiger partial charge on any atom is -0.481 e. The van der Waals surface area contributed by atoms with Crippen molar-refractivity contribution in [3.8, 4) is 0 Å². The number of benzene rings is 1. The van der Waals surface area contributed by atoms with E-state index in [9.17, 15) is 9.18 Å². The molecule has 1 N–H and O–H groups in total. The largest absolute Gasteiger partial charge is 0.481 e. The lowest BCUT2D eigenvalue weighted by Gasteiger charge is -2.04. The number of rotatable bonds is 3. The summed E-state index contributed by atoms with van der Waals surface area (Å²) in [5, 5.41) is 8.55. The topological polar surface area (TPSA) is 58.9 Å². The second kappa shape index (κ2) is 4.30. The molecule has 2 rings (SSSR count). The van der Waals surface area contributed by atoms with E-state index in [1.54, 1.807) is 12.1 Å². The maximum atomic E-state index is 12.9. The van der Waals surface area contributed by atoms with Crippen molar-refractivity contribution in [1.82, 2.24) is 0 Å². The fourth-order valence-electron chi connectivity index (χ4n) is 1.53. The van der Waals surface area contributed by atoms with Crippen LogP contribution in [-0.4, -0.2) is 23.6 Å². The summed E-state index contributed by atoms with van der Waals surface area (Å²) in [5.74, 6) is -1.13. The molecule has 0 amide bonds. The zero-order chi connectivity index (χ0) is 11.5. The highest BCUT2D eigenvalue weighted by atomic mass is 19.1. The normalized spacial score (nSPS) is 19.1. The van der Waals surface area contributed by atoms with Gasteiger partial charge in [-0.1, -0.05) is 12.1 Å². The van der Waals surface area contributed by atoms with Crippen molar-refractivity contribution in [1.29, 1.82) is 0 Å². The maximum absolute atomic E-state index is 12.9. The Morgan fingerprint density at radius 1 is 1.62 bits per heavy atom. The maximum Gasteiger partial charge on any atom is 0.312 e. The van der Waals surface area contributed by atoms with E-state index >= 15 is 0 Å². The van der Waals surface area contributed by atoms with E-state index in [1.807, 2.05) is 0 Å². The van der Waals surface area contributed by atoms with Gasteiger partial charge in [0.2, 0.25) is 0 Å². The van der Waals surface area contributed by atoms with Gasteiger partial charge in [0, 0.05) is 0 Å². The van der Waals surface area contributed by atoms with Crippen molar-refractivity contribution in [2.24, 2.45) is 4.99 Å². The van der Waals surface area contributed by atoms with Gasteiger partial charge < -0.3 is 9.84 Å². The van der Waals surface area contributed by atoms with Gasteiger partial charge in [0.25, 0.3) is 0 Å². The summed E-state index contributed by atoms with van der Waals surface area (Å²) >= 11 is 0. The SMILES string of the molecule is O=C(O)CC1=NC(c2cccc(F)c2)CO1. The second-order valence-electron chi connectivity index (χ2n) is 3.48. The number of carboxylic acid groups (broad SMARTS) is 1. The van der Waals surface area contributed by atoms with Crippen LogP contribution in [0.25, 0.3) is 0 Å². The van der Waals surface area contributed by atoms with Crippen LogP contribution >= 0.6 is 0 Å². The molecule has 0 saturated heterocycles. The molecular weight excluding hydrogens is 213 g/mol. The summed E-state index contributed by atoms with van der Waals surface area (Å²) in [6.45, 7) is 0.270. The number of halogens is 1. The van der Waals surface area contributed by atoms with Crippen molar-refractivity contribution < 1.29 is 19.0 Å². The van der Waals surface area contributed by atoms with Crippen molar-refractivity contribution in [2.75, 3.05) is 6.61 Å². The molecule has 0 spiro atoms. The van der Waals surface area contributed by atoms with Crippen molar-refractivity contribution in [3.63, 3.8) is 0 Å². The molecular formula is C11H10FNO3. The molecule has 84 valence electrons. The van der Waals surface area contributed by atoms with Crippen molar-refractivity contribution in [2.45, 2.75) is 12.5 Å². The lowest BCUT2D eigenvalue weighted by atomic mass is 10.1. The minimum absolute atomic E-state index is 0.196. The monoisotopic (exact) mass is 223 g/mol. The fraction of sp³-hybridized carbons (Fsp3) is 0.273. The van der Waals surface area contributed by atoms with Gasteiger partial charge in [-0.2, -0.15) is 0 Å². The summed E-state index contributed by atoms with van der Waals surface area (Å²) in [5.41, 5.74) is 0.695. The average molecular weight is 223 g/mol. The lowest BCUT2D eigenvalue weighted by Crippen LogP contribution is -2.06. The highest BCUT2D eigenvalue weighted by molar-refractivity contribution is 5.94. The summed E-state index contributed by atoms with van der Waals surface area (Å²) in [4.78, 5) is 14.5. The van der Waals surface area contributed by atoms with Crippen LogP contribution in [0.3, 0.4) is 0 Å². The lowest BCUT2D eigenvalue weighted by molar-refractivity contribution is -0.135. The van der Waals surface area contributed by atoms with Crippen LogP contribution < -0.4 is 0 Å². The first-order valence-corrected chi connectivity index (χ1v) is 4.82. The average Bonchev–Trinajstić information content (AvgIpc) is 2.65. The Kier molecular flexibility index (Phi) is 2.85. The molecule has 0 radical (unpaired) electrons. The summed E-state index contributed by atoms with van der Waals surface area (Å²) in [6, 6.07) is 5.76. The molecule has 1 aliphatic heterocycles. The molecule has 0 saturated carbocycles. The van der Waals surface area contributed by atoms with Crippen LogP contribution in [0.5, 0.6) is 0 Å². The van der Waals surface area contributed by atoms with Gasteiger partial charge in [0.1, 0.15) is 24.9 Å². The predicted molar refractivity (Wildman–Crippen MR) is 54.8 cm³/mol. The Morgan fingerprint density at radius 3 is 3.12 bits per heavy atom. The van der Waals surface area contributed by atoms with Gasteiger partial charge in [0.15, 0.2) is 5.90 Å². The molecule has 1 atom stereocenters. The van der Waals surface area contributed by atoms with Crippen LogP contribution in [0.4, 0.5) is 4.39 Å². The number of carboxylic acids is 1. The third-order valence-corrected chi connectivity index (χ3v) is 2.24. The highest BCUT2D eigenvalue weighted by Crippen LogP contribution is 2.24. The number of hydrogen-bond donors (Lipinski definition) is 1. The van der Waals surface area contributed by atoms with E-state index in [1.165, 1.54) is 12.1 Å². The zero-order valence-electron chi connectivity index (χ0n) is 8.39. The van der Waals surface area contributed by atoms with Gasteiger partial charge in [0.05, 0.1) is 0 Å². The molecule has 5 heteroatoms. The van der Waals surface area contributed by atoms with E-state index in [0.29, 0.717) is 5.56 Å². The number of aliphatic carboxylic acids is 1. The molecule has 1 heterocycles. The molecule has 16 heavy (non-hydrogen) atoms. The van der Waals surface area contributed by atoms with E-state index in [0.717, 1.165) is 0 Å². The Labute approximate surface area is 91.4 Å². The summed E-state index contributed by atoms with van der Waals surface area (Å²) in [7, 11) is 0. The number of hydrogen-bond acceptors (Lipinski definition) is 3. The van der Waals surface area contributed by atoms with Gasteiger partial charge in [-0.05, 0) is 17.7 Å². The van der Waals surface area contributed by atoms with E-state index in [4.69, 9.17) is 9.84 Å². The van der Waals surface area contributed by atoms with Crippen LogP contribution in [-0.2, 0) is 9.53 Å². The molecule has 0 aromatic heterocycles. The molecule has 0 aliphatic carbocycles. The molecule has 4 nitrogen and oxygen atoms in total. The van der Waals surface area contributed by atoms with Crippen LogP contribution in [0, 0.1) is 5.82 Å². The smallest absolute Gasteiger partial charge is 0.312 e. The number of carbonyl (C=O) groups is 1. The number of ether oxygens (including phenoxy) is 1. The summed E-state index contributed by atoms with van der Waals surface area (Å²) in [6.07, 6.45) is -0.230. The van der Waals surface area contributed by atoms with Crippen LogP contribution in [0.2, 0.25) is 0 Å². The first-order chi connectivity index (χ1) is 7.65. The third kappa shape index (κ3) is 2.36. The third-order valence-electron chi connectivity index (χ3n) is 2.24. The predicted octanol–water partition coefficient (Wildman–Crippen LogP) is 1.77. The molecule has 0 fully saturated rings. The Bertz CT molecular complexity index is 445. The zero-order valence-corrected chi connectivity index (χ0v) is 8.39.